The molecule has 150 valence electrons. The number of rotatable bonds is 5. The first-order valence-electron chi connectivity index (χ1n) is 9.81. The molecule has 2 atom stereocenters. The summed E-state index contributed by atoms with van der Waals surface area (Å²) in [5.41, 5.74) is 0.779. The van der Waals surface area contributed by atoms with Crippen molar-refractivity contribution in [1.82, 2.24) is 9.21 Å². The number of allylic oxidation sites excluding steroid dienone is 2. The van der Waals surface area contributed by atoms with Crippen LogP contribution in [-0.2, 0) is 25.4 Å². The van der Waals surface area contributed by atoms with Crippen molar-refractivity contribution in [3.8, 4) is 0 Å². The fourth-order valence-electron chi connectivity index (χ4n) is 4.36. The molecular formula is C20H26N3O4S+. The largest absolute Gasteiger partial charge is 0.315 e. The maximum absolute atomic E-state index is 12.7. The molecule has 8 heteroatoms. The Hall–Kier alpha value is -2.03. The minimum atomic E-state index is -3.36. The van der Waals surface area contributed by atoms with E-state index in [1.54, 1.807) is 0 Å². The SMILES string of the molecule is O=C1[C@H]2CC=CC[C@@H]2C(=O)N1C[NH+]1CCN(S(=O)(=O)Cc2ccccc2)CC1. The Morgan fingerprint density at radius 2 is 1.50 bits per heavy atom. The van der Waals surface area contributed by atoms with Crippen molar-refractivity contribution in [1.29, 1.82) is 0 Å². The van der Waals surface area contributed by atoms with Gasteiger partial charge < -0.3 is 4.90 Å². The Kier molecular flexibility index (Phi) is 5.35. The van der Waals surface area contributed by atoms with Crippen LogP contribution in [0.4, 0.5) is 0 Å². The van der Waals surface area contributed by atoms with Gasteiger partial charge in [0.15, 0.2) is 6.67 Å². The predicted molar refractivity (Wildman–Crippen MR) is 103 cm³/mol. The zero-order valence-corrected chi connectivity index (χ0v) is 16.6. The van der Waals surface area contributed by atoms with Crippen LogP contribution in [0.2, 0.25) is 0 Å². The van der Waals surface area contributed by atoms with Crippen LogP contribution in [0.3, 0.4) is 0 Å². The highest BCUT2D eigenvalue weighted by Gasteiger charge is 2.48. The molecule has 7 nitrogen and oxygen atoms in total. The maximum atomic E-state index is 12.7. The first-order valence-corrected chi connectivity index (χ1v) is 11.4. The van der Waals surface area contributed by atoms with Crippen molar-refractivity contribution in [2.24, 2.45) is 11.8 Å². The zero-order chi connectivity index (χ0) is 19.7. The molecule has 2 fully saturated rings. The number of nitrogens with zero attached hydrogens (tertiary/aromatic N) is 2. The van der Waals surface area contributed by atoms with Crippen molar-refractivity contribution in [3.63, 3.8) is 0 Å². The van der Waals surface area contributed by atoms with Gasteiger partial charge in [0, 0.05) is 0 Å². The molecule has 1 aromatic rings. The zero-order valence-electron chi connectivity index (χ0n) is 15.8. The van der Waals surface area contributed by atoms with Gasteiger partial charge in [-0.2, -0.15) is 4.31 Å². The van der Waals surface area contributed by atoms with E-state index in [0.717, 1.165) is 10.5 Å². The van der Waals surface area contributed by atoms with Gasteiger partial charge in [-0.15, -0.1) is 0 Å². The monoisotopic (exact) mass is 404 g/mol. The molecular weight excluding hydrogens is 378 g/mol. The summed E-state index contributed by atoms with van der Waals surface area (Å²) < 4.78 is 26.9. The van der Waals surface area contributed by atoms with Crippen molar-refractivity contribution in [3.05, 3.63) is 48.0 Å². The topological polar surface area (TPSA) is 79.2 Å². The van der Waals surface area contributed by atoms with E-state index in [2.05, 4.69) is 0 Å². The van der Waals surface area contributed by atoms with Crippen molar-refractivity contribution < 1.29 is 22.9 Å². The van der Waals surface area contributed by atoms with Crippen LogP contribution in [-0.4, -0.2) is 62.3 Å². The van der Waals surface area contributed by atoms with Gasteiger partial charge in [-0.3, -0.25) is 9.59 Å². The molecule has 1 aromatic carbocycles. The minimum Gasteiger partial charge on any atom is -0.315 e. The van der Waals surface area contributed by atoms with Crippen LogP contribution in [0.5, 0.6) is 0 Å². The number of hydrogen-bond donors (Lipinski definition) is 1. The van der Waals surface area contributed by atoms with Crippen LogP contribution in [0, 0.1) is 11.8 Å². The van der Waals surface area contributed by atoms with E-state index in [1.165, 1.54) is 9.21 Å². The highest BCUT2D eigenvalue weighted by atomic mass is 32.2. The number of quaternary nitrogens is 1. The molecule has 28 heavy (non-hydrogen) atoms. The van der Waals surface area contributed by atoms with Crippen molar-refractivity contribution >= 4 is 21.8 Å². The van der Waals surface area contributed by atoms with E-state index in [-0.39, 0.29) is 29.4 Å². The van der Waals surface area contributed by atoms with Gasteiger partial charge in [0.2, 0.25) is 21.8 Å². The summed E-state index contributed by atoms with van der Waals surface area (Å²) in [7, 11) is -3.36. The van der Waals surface area contributed by atoms with E-state index in [1.807, 2.05) is 42.5 Å². The third kappa shape index (κ3) is 3.76. The average Bonchev–Trinajstić information content (AvgIpc) is 2.94. The van der Waals surface area contributed by atoms with Crippen LogP contribution >= 0.6 is 0 Å². The molecule has 2 aliphatic heterocycles. The normalized spacial score (nSPS) is 26.6. The predicted octanol–water partition coefficient (Wildman–Crippen LogP) is -0.374. The van der Waals surface area contributed by atoms with E-state index in [0.29, 0.717) is 45.7 Å². The number of hydrogen-bond acceptors (Lipinski definition) is 4. The summed E-state index contributed by atoms with van der Waals surface area (Å²) in [5, 5.41) is 0. The molecule has 0 spiro atoms. The Balaban J connectivity index is 1.33. The molecule has 2 saturated heterocycles. The first-order chi connectivity index (χ1) is 13.5. The van der Waals surface area contributed by atoms with Crippen LogP contribution in [0.25, 0.3) is 0 Å². The van der Waals surface area contributed by atoms with E-state index in [9.17, 15) is 18.0 Å². The molecule has 0 unspecified atom stereocenters. The molecule has 0 aromatic heterocycles. The van der Waals surface area contributed by atoms with E-state index < -0.39 is 10.0 Å². The Bertz CT molecular complexity index is 850. The molecule has 0 radical (unpaired) electrons. The third-order valence-corrected chi connectivity index (χ3v) is 7.85. The lowest BCUT2D eigenvalue weighted by Gasteiger charge is -2.33. The van der Waals surface area contributed by atoms with Gasteiger partial charge in [0.1, 0.15) is 0 Å². The number of amides is 2. The van der Waals surface area contributed by atoms with Gasteiger partial charge in [0.05, 0.1) is 43.8 Å². The Morgan fingerprint density at radius 3 is 2.07 bits per heavy atom. The minimum absolute atomic E-state index is 0.00261. The summed E-state index contributed by atoms with van der Waals surface area (Å²) in [5.74, 6) is -0.534. The van der Waals surface area contributed by atoms with Crippen molar-refractivity contribution in [2.45, 2.75) is 18.6 Å². The number of piperazine rings is 1. The summed E-state index contributed by atoms with van der Waals surface area (Å²) >= 11 is 0. The molecule has 1 N–H and O–H groups in total. The smallest absolute Gasteiger partial charge is 0.237 e. The number of sulfonamides is 1. The van der Waals surface area contributed by atoms with Crippen molar-refractivity contribution in [2.75, 3.05) is 32.8 Å². The number of imide groups is 1. The lowest BCUT2D eigenvalue weighted by molar-refractivity contribution is -0.910. The van der Waals surface area contributed by atoms with Gasteiger partial charge in [0.25, 0.3) is 0 Å². The lowest BCUT2D eigenvalue weighted by Crippen LogP contribution is -3.16. The number of fused-ring (bicyclic) bond motifs is 1. The summed E-state index contributed by atoms with van der Waals surface area (Å²) in [6.07, 6.45) is 5.26. The fraction of sp³-hybridized carbons (Fsp3) is 0.500. The number of nitrogens with one attached hydrogen (secondary N) is 1. The fourth-order valence-corrected chi connectivity index (χ4v) is 5.90. The number of likely N-dealkylation sites (tertiary alicyclic amines) is 1. The average molecular weight is 405 g/mol. The molecule has 1 aliphatic carbocycles. The number of carbonyl (C=O) groups excluding carboxylic acids is 2. The third-order valence-electron chi connectivity index (χ3n) is 6.00. The molecule has 4 rings (SSSR count). The standard InChI is InChI=1S/C20H25N3O4S/c24-19-17-8-4-5-9-18(17)20(25)23(19)15-21-10-12-22(13-11-21)28(26,27)14-16-6-2-1-3-7-16/h1-7,17-18H,8-15H2/p+1/t17-,18-/m0/s1. The summed E-state index contributed by atoms with van der Waals surface area (Å²) in [4.78, 5) is 27.7. The molecule has 0 saturated carbocycles. The quantitative estimate of drug-likeness (QED) is 0.536. The second-order valence-electron chi connectivity index (χ2n) is 7.81. The summed E-state index contributed by atoms with van der Waals surface area (Å²) in [6.45, 7) is 2.36. The second kappa shape index (κ2) is 7.77. The van der Waals surface area contributed by atoms with Gasteiger partial charge in [-0.25, -0.2) is 13.3 Å². The van der Waals surface area contributed by atoms with Crippen LogP contribution in [0.15, 0.2) is 42.5 Å². The highest BCUT2D eigenvalue weighted by molar-refractivity contribution is 7.88. The van der Waals surface area contributed by atoms with E-state index >= 15 is 0 Å². The molecule has 0 bridgehead atoms. The van der Waals surface area contributed by atoms with Crippen LogP contribution in [0.1, 0.15) is 18.4 Å². The van der Waals surface area contributed by atoms with Gasteiger partial charge in [-0.05, 0) is 18.4 Å². The van der Waals surface area contributed by atoms with E-state index in [4.69, 9.17) is 0 Å². The summed E-state index contributed by atoms with van der Waals surface area (Å²) in [6, 6.07) is 9.18. The number of benzene rings is 1. The molecule has 2 heterocycles. The maximum Gasteiger partial charge on any atom is 0.237 e. The molecule has 3 aliphatic rings. The highest BCUT2D eigenvalue weighted by Crippen LogP contribution is 2.34. The Labute approximate surface area is 165 Å². The van der Waals surface area contributed by atoms with Gasteiger partial charge in [-0.1, -0.05) is 42.5 Å². The molecule has 2 amide bonds. The Morgan fingerprint density at radius 1 is 0.929 bits per heavy atom. The number of carbonyl (C=O) groups is 2. The second-order valence-corrected chi connectivity index (χ2v) is 9.78. The lowest BCUT2D eigenvalue weighted by atomic mass is 9.85. The van der Waals surface area contributed by atoms with Gasteiger partial charge >= 0.3 is 0 Å². The first kappa shape index (κ1) is 19.3. The van der Waals surface area contributed by atoms with Crippen LogP contribution < -0.4 is 4.90 Å².